The van der Waals surface area contributed by atoms with E-state index >= 15 is 0 Å². The molecule has 4 rings (SSSR count). The highest BCUT2D eigenvalue weighted by molar-refractivity contribution is 7.90. The Balaban J connectivity index is 1.78. The van der Waals surface area contributed by atoms with Crippen molar-refractivity contribution in [2.75, 3.05) is 6.26 Å². The topological polar surface area (TPSA) is 59.9 Å². The fraction of sp³-hybridized carbons (Fsp3) is 0.120. The lowest BCUT2D eigenvalue weighted by atomic mass is 9.85. The van der Waals surface area contributed by atoms with Crippen molar-refractivity contribution in [2.24, 2.45) is 0 Å². The normalized spacial score (nSPS) is 11.5. The van der Waals surface area contributed by atoms with Gasteiger partial charge in [-0.25, -0.2) is 8.42 Å². The number of aromatic nitrogens is 2. The molecule has 0 aliphatic heterocycles. The first-order valence-corrected chi connectivity index (χ1v) is 11.6. The molecule has 0 spiro atoms. The summed E-state index contributed by atoms with van der Waals surface area (Å²) in [6, 6.07) is 23.3. The third-order valence-electron chi connectivity index (χ3n) is 5.19. The lowest BCUT2D eigenvalue weighted by Crippen LogP contribution is -2.07. The van der Waals surface area contributed by atoms with Gasteiger partial charge in [-0.2, -0.15) is 0 Å². The summed E-state index contributed by atoms with van der Waals surface area (Å²) >= 11 is 0. The van der Waals surface area contributed by atoms with Crippen LogP contribution in [0.25, 0.3) is 11.1 Å². The molecule has 0 saturated carbocycles. The van der Waals surface area contributed by atoms with Crippen LogP contribution in [0.2, 0.25) is 0 Å². The van der Waals surface area contributed by atoms with Gasteiger partial charge in [0.15, 0.2) is 9.84 Å². The van der Waals surface area contributed by atoms with Crippen molar-refractivity contribution < 1.29 is 8.42 Å². The number of hydrogen-bond acceptors (Lipinski definition) is 4. The molecule has 0 aliphatic rings. The molecule has 30 heavy (non-hydrogen) atoms. The van der Waals surface area contributed by atoms with Crippen LogP contribution in [0.4, 0.5) is 0 Å². The number of pyridine rings is 2. The summed E-state index contributed by atoms with van der Waals surface area (Å²) in [6.45, 7) is 0. The molecule has 0 atom stereocenters. The minimum absolute atomic E-state index is 0.0895. The molecule has 0 amide bonds. The fourth-order valence-electron chi connectivity index (χ4n) is 3.69. The molecule has 2 aromatic carbocycles. The van der Waals surface area contributed by atoms with E-state index in [1.165, 1.54) is 6.26 Å². The number of rotatable bonds is 6. The molecule has 0 bridgehead atoms. The Labute approximate surface area is 177 Å². The Morgan fingerprint density at radius 2 is 1.47 bits per heavy atom. The van der Waals surface area contributed by atoms with E-state index in [-0.39, 0.29) is 5.92 Å². The molecule has 0 saturated heterocycles. The predicted molar refractivity (Wildman–Crippen MR) is 119 cm³/mol. The summed E-state index contributed by atoms with van der Waals surface area (Å²) in [7, 11) is -3.27. The maximum atomic E-state index is 12.0. The first kappa shape index (κ1) is 20.0. The monoisotopic (exact) mass is 414 g/mol. The van der Waals surface area contributed by atoms with E-state index in [0.29, 0.717) is 4.90 Å². The highest BCUT2D eigenvalue weighted by Crippen LogP contribution is 2.33. The largest absolute Gasteiger partial charge is 0.264 e. The zero-order valence-corrected chi connectivity index (χ0v) is 17.5. The van der Waals surface area contributed by atoms with Crippen LogP contribution in [-0.2, 0) is 16.3 Å². The van der Waals surface area contributed by atoms with Crippen molar-refractivity contribution in [1.82, 2.24) is 9.97 Å². The Bertz CT molecular complexity index is 1200. The van der Waals surface area contributed by atoms with Gasteiger partial charge < -0.3 is 0 Å². The van der Waals surface area contributed by atoms with Gasteiger partial charge in [0, 0.05) is 37.0 Å². The highest BCUT2D eigenvalue weighted by Gasteiger charge is 2.18. The highest BCUT2D eigenvalue weighted by atomic mass is 32.2. The van der Waals surface area contributed by atoms with Crippen molar-refractivity contribution >= 4 is 9.84 Å². The Hall–Kier alpha value is -3.31. The maximum absolute atomic E-state index is 12.0. The van der Waals surface area contributed by atoms with Gasteiger partial charge in [0.1, 0.15) is 0 Å². The average molecular weight is 415 g/mol. The van der Waals surface area contributed by atoms with Crippen molar-refractivity contribution in [3.05, 3.63) is 114 Å². The second-order valence-corrected chi connectivity index (χ2v) is 9.30. The molecular weight excluding hydrogens is 392 g/mol. The summed E-state index contributed by atoms with van der Waals surface area (Å²) in [4.78, 5) is 8.93. The van der Waals surface area contributed by atoms with Crippen LogP contribution in [-0.4, -0.2) is 24.6 Å². The molecule has 2 aromatic heterocycles. The number of benzene rings is 2. The summed E-state index contributed by atoms with van der Waals surface area (Å²) in [5, 5.41) is 0. The van der Waals surface area contributed by atoms with Gasteiger partial charge in [-0.05, 0) is 58.5 Å². The molecule has 0 radical (unpaired) electrons. The van der Waals surface area contributed by atoms with Gasteiger partial charge >= 0.3 is 0 Å². The predicted octanol–water partition coefficient (Wildman–Crippen LogP) is 4.92. The second-order valence-electron chi connectivity index (χ2n) is 7.29. The third-order valence-corrected chi connectivity index (χ3v) is 6.30. The zero-order valence-electron chi connectivity index (χ0n) is 16.6. The van der Waals surface area contributed by atoms with Crippen molar-refractivity contribution in [1.29, 1.82) is 0 Å². The van der Waals surface area contributed by atoms with Gasteiger partial charge in [0.2, 0.25) is 0 Å². The maximum Gasteiger partial charge on any atom is 0.175 e. The smallest absolute Gasteiger partial charge is 0.175 e. The number of nitrogens with zero attached hydrogens (tertiary/aromatic N) is 2. The summed E-state index contributed by atoms with van der Waals surface area (Å²) in [5.41, 5.74) is 5.29. The van der Waals surface area contributed by atoms with Gasteiger partial charge in [0.25, 0.3) is 0 Å². The summed E-state index contributed by atoms with van der Waals surface area (Å²) in [6.07, 6.45) is 9.31. The van der Waals surface area contributed by atoms with E-state index in [4.69, 9.17) is 0 Å². The Morgan fingerprint density at radius 3 is 2.07 bits per heavy atom. The van der Waals surface area contributed by atoms with Gasteiger partial charge in [-0.1, -0.05) is 48.5 Å². The number of hydrogen-bond donors (Lipinski definition) is 0. The molecule has 5 heteroatoms. The van der Waals surface area contributed by atoms with Gasteiger partial charge in [-0.3, -0.25) is 9.97 Å². The van der Waals surface area contributed by atoms with Crippen LogP contribution < -0.4 is 0 Å². The van der Waals surface area contributed by atoms with Crippen LogP contribution >= 0.6 is 0 Å². The SMILES string of the molecule is CS(=O)(=O)c1cccc(-c2ccccc2CC(c2cccnc2)c2cccnc2)c1. The van der Waals surface area contributed by atoms with E-state index in [9.17, 15) is 8.42 Å². The minimum atomic E-state index is -3.27. The second kappa shape index (κ2) is 8.59. The molecule has 0 unspecified atom stereocenters. The van der Waals surface area contributed by atoms with Crippen LogP contribution in [0.5, 0.6) is 0 Å². The average Bonchev–Trinajstić information content (AvgIpc) is 2.78. The molecule has 2 heterocycles. The van der Waals surface area contributed by atoms with Gasteiger partial charge in [0.05, 0.1) is 4.90 Å². The molecular formula is C25H22N2O2S. The molecule has 4 aromatic rings. The quantitative estimate of drug-likeness (QED) is 0.449. The molecule has 0 N–H and O–H groups in total. The Morgan fingerprint density at radius 1 is 0.800 bits per heavy atom. The first-order chi connectivity index (χ1) is 14.5. The lowest BCUT2D eigenvalue weighted by Gasteiger charge is -2.20. The Kier molecular flexibility index (Phi) is 5.72. The van der Waals surface area contributed by atoms with Crippen molar-refractivity contribution in [3.8, 4) is 11.1 Å². The number of sulfone groups is 1. The molecule has 150 valence electrons. The van der Waals surface area contributed by atoms with Crippen LogP contribution in [0.1, 0.15) is 22.6 Å². The zero-order chi connectivity index (χ0) is 21.0. The third kappa shape index (κ3) is 4.47. The standard InChI is InChI=1S/C25H22N2O2S/c1-30(28,29)23-11-4-8-19(15-23)24-12-3-2-7-20(24)16-25(21-9-5-13-26-17-21)22-10-6-14-27-18-22/h2-15,17-18,25H,16H2,1H3. The summed E-state index contributed by atoms with van der Waals surface area (Å²) in [5.74, 6) is 0.0895. The molecule has 0 fully saturated rings. The minimum Gasteiger partial charge on any atom is -0.264 e. The van der Waals surface area contributed by atoms with Crippen LogP contribution in [0.3, 0.4) is 0 Å². The van der Waals surface area contributed by atoms with E-state index in [1.807, 2.05) is 48.8 Å². The first-order valence-electron chi connectivity index (χ1n) is 9.70. The van der Waals surface area contributed by atoms with Crippen LogP contribution in [0.15, 0.2) is 102 Å². The summed E-state index contributed by atoms with van der Waals surface area (Å²) < 4.78 is 24.1. The lowest BCUT2D eigenvalue weighted by molar-refractivity contribution is 0.602. The molecule has 0 aliphatic carbocycles. The van der Waals surface area contributed by atoms with E-state index in [1.54, 1.807) is 30.6 Å². The van der Waals surface area contributed by atoms with Crippen molar-refractivity contribution in [2.45, 2.75) is 17.2 Å². The molecule has 4 nitrogen and oxygen atoms in total. The fourth-order valence-corrected chi connectivity index (χ4v) is 4.35. The van der Waals surface area contributed by atoms with Gasteiger partial charge in [-0.15, -0.1) is 0 Å². The van der Waals surface area contributed by atoms with Crippen LogP contribution in [0, 0.1) is 0 Å². The van der Waals surface area contributed by atoms with E-state index < -0.39 is 9.84 Å². The van der Waals surface area contributed by atoms with E-state index in [2.05, 4.69) is 28.2 Å². The van der Waals surface area contributed by atoms with E-state index in [0.717, 1.165) is 34.2 Å². The van der Waals surface area contributed by atoms with Crippen molar-refractivity contribution in [3.63, 3.8) is 0 Å².